The minimum absolute atomic E-state index is 0.0956. The van der Waals surface area contributed by atoms with Crippen molar-refractivity contribution in [3.05, 3.63) is 42.1 Å². The number of carbonyl (C=O) groups excluding carboxylic acids is 1. The lowest BCUT2D eigenvalue weighted by atomic mass is 10.1. The zero-order chi connectivity index (χ0) is 14.1. The maximum absolute atomic E-state index is 11.9. The molecule has 0 aliphatic carbocycles. The van der Waals surface area contributed by atoms with E-state index in [-0.39, 0.29) is 18.9 Å². The second-order valence-corrected chi connectivity index (χ2v) is 5.00. The van der Waals surface area contributed by atoms with Gasteiger partial charge in [-0.05, 0) is 17.7 Å². The van der Waals surface area contributed by atoms with E-state index in [1.54, 1.807) is 11.1 Å². The van der Waals surface area contributed by atoms with Crippen LogP contribution in [0.1, 0.15) is 12.0 Å². The normalized spacial score (nSPS) is 18.7. The van der Waals surface area contributed by atoms with Gasteiger partial charge in [-0.2, -0.15) is 0 Å². The average Bonchev–Trinajstić information content (AvgIpc) is 2.81. The number of fused-ring (bicyclic) bond motifs is 1. The molecule has 1 atom stereocenters. The molecule has 0 bridgehead atoms. The minimum Gasteiger partial charge on any atom is -0.481 e. The van der Waals surface area contributed by atoms with Crippen molar-refractivity contribution in [2.75, 3.05) is 6.54 Å². The van der Waals surface area contributed by atoms with Crippen molar-refractivity contribution in [2.45, 2.75) is 13.0 Å². The van der Waals surface area contributed by atoms with Gasteiger partial charge in [-0.1, -0.05) is 18.2 Å². The third-order valence-electron chi connectivity index (χ3n) is 3.66. The molecule has 3 rings (SSSR count). The number of carboxylic acid groups (broad SMARTS) is 1. The van der Waals surface area contributed by atoms with Crippen LogP contribution in [0.5, 0.6) is 0 Å². The Morgan fingerprint density at radius 1 is 1.35 bits per heavy atom. The Morgan fingerprint density at radius 3 is 2.95 bits per heavy atom. The van der Waals surface area contributed by atoms with E-state index >= 15 is 0 Å². The van der Waals surface area contributed by atoms with Crippen LogP contribution in [-0.2, 0) is 16.1 Å². The van der Waals surface area contributed by atoms with Crippen LogP contribution in [-0.4, -0.2) is 33.4 Å². The Labute approximate surface area is 115 Å². The van der Waals surface area contributed by atoms with Crippen LogP contribution in [0.4, 0.5) is 0 Å². The number of amides is 1. The summed E-state index contributed by atoms with van der Waals surface area (Å²) in [5, 5.41) is 10.00. The van der Waals surface area contributed by atoms with Crippen molar-refractivity contribution in [1.29, 1.82) is 0 Å². The third kappa shape index (κ3) is 2.22. The maximum Gasteiger partial charge on any atom is 0.308 e. The molecular weight excluding hydrogens is 256 g/mol. The summed E-state index contributed by atoms with van der Waals surface area (Å²) in [5.41, 5.74) is 1.88. The predicted octanol–water partition coefficient (Wildman–Crippen LogP) is 1.67. The molecule has 1 amide bonds. The fraction of sp³-hybridized carbons (Fsp3) is 0.267. The summed E-state index contributed by atoms with van der Waals surface area (Å²) in [4.78, 5) is 28.7. The molecule has 2 aromatic rings. The Kier molecular flexibility index (Phi) is 3.10. The summed E-state index contributed by atoms with van der Waals surface area (Å²) in [6.45, 7) is 0.719. The van der Waals surface area contributed by atoms with E-state index in [4.69, 9.17) is 5.11 Å². The van der Waals surface area contributed by atoms with Gasteiger partial charge in [-0.15, -0.1) is 0 Å². The van der Waals surface area contributed by atoms with Gasteiger partial charge in [0.1, 0.15) is 0 Å². The van der Waals surface area contributed by atoms with Gasteiger partial charge >= 0.3 is 5.97 Å². The standard InChI is InChI=1S/C15H14N2O3/c18-14-7-11(15(19)20)9-17(14)8-10-3-1-5-13-12(10)4-2-6-16-13/h1-6,11H,7-9H2,(H,19,20). The van der Waals surface area contributed by atoms with Gasteiger partial charge in [0.15, 0.2) is 0 Å². The second kappa shape index (κ2) is 4.92. The first kappa shape index (κ1) is 12.6. The lowest BCUT2D eigenvalue weighted by molar-refractivity contribution is -0.141. The molecule has 1 fully saturated rings. The number of hydrogen-bond acceptors (Lipinski definition) is 3. The Balaban J connectivity index is 1.87. The molecule has 0 saturated carbocycles. The summed E-state index contributed by atoms with van der Waals surface area (Å²) in [7, 11) is 0. The number of carbonyl (C=O) groups is 2. The largest absolute Gasteiger partial charge is 0.481 e. The first-order valence-corrected chi connectivity index (χ1v) is 6.48. The monoisotopic (exact) mass is 270 g/mol. The first-order valence-electron chi connectivity index (χ1n) is 6.48. The van der Waals surface area contributed by atoms with Crippen LogP contribution in [0.2, 0.25) is 0 Å². The minimum atomic E-state index is -0.902. The molecule has 1 aromatic carbocycles. The highest BCUT2D eigenvalue weighted by molar-refractivity contribution is 5.87. The van der Waals surface area contributed by atoms with E-state index in [1.165, 1.54) is 0 Å². The SMILES string of the molecule is O=C(O)C1CC(=O)N(Cc2cccc3ncccc23)C1. The smallest absolute Gasteiger partial charge is 0.308 e. The molecule has 5 nitrogen and oxygen atoms in total. The number of aromatic nitrogens is 1. The molecule has 1 aliphatic rings. The van der Waals surface area contributed by atoms with Gasteiger partial charge in [0.2, 0.25) is 5.91 Å². The predicted molar refractivity (Wildman–Crippen MR) is 72.9 cm³/mol. The molecule has 1 aromatic heterocycles. The topological polar surface area (TPSA) is 70.5 Å². The van der Waals surface area contributed by atoms with E-state index < -0.39 is 11.9 Å². The molecule has 5 heteroatoms. The quantitative estimate of drug-likeness (QED) is 0.921. The number of rotatable bonds is 3. The summed E-state index contributed by atoms with van der Waals surface area (Å²) < 4.78 is 0. The van der Waals surface area contributed by atoms with Crippen LogP contribution in [0.25, 0.3) is 10.9 Å². The maximum atomic E-state index is 11.9. The molecular formula is C15H14N2O3. The number of nitrogens with zero attached hydrogens (tertiary/aromatic N) is 2. The molecule has 20 heavy (non-hydrogen) atoms. The number of carboxylic acids is 1. The number of aliphatic carboxylic acids is 1. The highest BCUT2D eigenvalue weighted by Gasteiger charge is 2.34. The van der Waals surface area contributed by atoms with E-state index in [0.717, 1.165) is 16.5 Å². The fourth-order valence-corrected chi connectivity index (χ4v) is 2.60. The third-order valence-corrected chi connectivity index (χ3v) is 3.66. The molecule has 0 spiro atoms. The lowest BCUT2D eigenvalue weighted by Gasteiger charge is -2.17. The van der Waals surface area contributed by atoms with Gasteiger partial charge in [-0.3, -0.25) is 14.6 Å². The van der Waals surface area contributed by atoms with Crippen molar-refractivity contribution in [2.24, 2.45) is 5.92 Å². The molecule has 1 unspecified atom stereocenters. The van der Waals surface area contributed by atoms with Gasteiger partial charge in [0.25, 0.3) is 0 Å². The van der Waals surface area contributed by atoms with Crippen LogP contribution in [0.15, 0.2) is 36.5 Å². The van der Waals surface area contributed by atoms with E-state index in [9.17, 15) is 9.59 Å². The molecule has 1 saturated heterocycles. The Hall–Kier alpha value is -2.43. The van der Waals surface area contributed by atoms with Crippen molar-refractivity contribution < 1.29 is 14.7 Å². The first-order chi connectivity index (χ1) is 9.65. The average molecular weight is 270 g/mol. The number of likely N-dealkylation sites (tertiary alicyclic amines) is 1. The highest BCUT2D eigenvalue weighted by Crippen LogP contribution is 2.23. The van der Waals surface area contributed by atoms with Crippen LogP contribution >= 0.6 is 0 Å². The number of benzene rings is 1. The van der Waals surface area contributed by atoms with E-state index in [1.807, 2.05) is 30.3 Å². The lowest BCUT2D eigenvalue weighted by Crippen LogP contribution is -2.25. The Morgan fingerprint density at radius 2 is 2.20 bits per heavy atom. The summed E-state index contributed by atoms with van der Waals surface area (Å²) in [6, 6.07) is 9.60. The molecule has 102 valence electrons. The molecule has 2 heterocycles. The summed E-state index contributed by atoms with van der Waals surface area (Å²) in [5.74, 6) is -1.59. The highest BCUT2D eigenvalue weighted by atomic mass is 16.4. The van der Waals surface area contributed by atoms with Crippen LogP contribution in [0, 0.1) is 5.92 Å². The van der Waals surface area contributed by atoms with Gasteiger partial charge in [0, 0.05) is 31.1 Å². The second-order valence-electron chi connectivity index (χ2n) is 5.00. The molecule has 0 radical (unpaired) electrons. The van der Waals surface area contributed by atoms with Gasteiger partial charge in [-0.25, -0.2) is 0 Å². The van der Waals surface area contributed by atoms with Crippen molar-refractivity contribution in [3.8, 4) is 0 Å². The fourth-order valence-electron chi connectivity index (χ4n) is 2.60. The van der Waals surface area contributed by atoms with Crippen LogP contribution < -0.4 is 0 Å². The van der Waals surface area contributed by atoms with Crippen molar-refractivity contribution in [1.82, 2.24) is 9.88 Å². The van der Waals surface area contributed by atoms with Gasteiger partial charge in [0.05, 0.1) is 11.4 Å². The zero-order valence-electron chi connectivity index (χ0n) is 10.8. The zero-order valence-corrected chi connectivity index (χ0v) is 10.8. The Bertz CT molecular complexity index is 678. The van der Waals surface area contributed by atoms with E-state index in [0.29, 0.717) is 6.54 Å². The van der Waals surface area contributed by atoms with Gasteiger partial charge < -0.3 is 10.0 Å². The molecule has 1 aliphatic heterocycles. The summed E-state index contributed by atoms with van der Waals surface area (Å²) >= 11 is 0. The van der Waals surface area contributed by atoms with E-state index in [2.05, 4.69) is 4.98 Å². The summed E-state index contributed by atoms with van der Waals surface area (Å²) in [6.07, 6.45) is 1.83. The van der Waals surface area contributed by atoms with Crippen molar-refractivity contribution >= 4 is 22.8 Å². The van der Waals surface area contributed by atoms with Crippen LogP contribution in [0.3, 0.4) is 0 Å². The number of pyridine rings is 1. The van der Waals surface area contributed by atoms with Crippen molar-refractivity contribution in [3.63, 3.8) is 0 Å². The molecule has 1 N–H and O–H groups in total. The number of hydrogen-bond donors (Lipinski definition) is 1.